The second-order valence-corrected chi connectivity index (χ2v) is 4.60. The SMILES string of the molecule is CCOCC(C)n1nnnc1-c1ccc(Cl)c(N)c1. The molecule has 1 heterocycles. The highest BCUT2D eigenvalue weighted by Crippen LogP contribution is 2.26. The van der Waals surface area contributed by atoms with Gasteiger partial charge in [0.05, 0.1) is 23.4 Å². The van der Waals surface area contributed by atoms with Gasteiger partial charge in [-0.1, -0.05) is 11.6 Å². The lowest BCUT2D eigenvalue weighted by atomic mass is 10.2. The maximum absolute atomic E-state index is 5.91. The molecular weight excluding hydrogens is 266 g/mol. The van der Waals surface area contributed by atoms with Gasteiger partial charge in [0.15, 0.2) is 5.82 Å². The molecule has 0 amide bonds. The molecule has 7 heteroatoms. The Kier molecular flexibility index (Phi) is 4.34. The molecule has 1 aromatic carbocycles. The van der Waals surface area contributed by atoms with Gasteiger partial charge in [0.25, 0.3) is 0 Å². The molecule has 2 N–H and O–H groups in total. The molecule has 0 aliphatic carbocycles. The molecule has 1 aromatic heterocycles. The van der Waals surface area contributed by atoms with Crippen LogP contribution in [0.3, 0.4) is 0 Å². The summed E-state index contributed by atoms with van der Waals surface area (Å²) >= 11 is 5.91. The summed E-state index contributed by atoms with van der Waals surface area (Å²) in [6.07, 6.45) is 0. The Morgan fingerprint density at radius 2 is 2.26 bits per heavy atom. The topological polar surface area (TPSA) is 78.8 Å². The molecule has 0 aliphatic heterocycles. The van der Waals surface area contributed by atoms with Crippen LogP contribution in [0.15, 0.2) is 18.2 Å². The summed E-state index contributed by atoms with van der Waals surface area (Å²) in [5, 5.41) is 12.3. The van der Waals surface area contributed by atoms with Crippen molar-refractivity contribution in [3.63, 3.8) is 0 Å². The average Bonchev–Trinajstić information content (AvgIpc) is 2.88. The Morgan fingerprint density at radius 3 is 2.95 bits per heavy atom. The van der Waals surface area contributed by atoms with Crippen molar-refractivity contribution in [2.24, 2.45) is 0 Å². The lowest BCUT2D eigenvalue weighted by Crippen LogP contribution is -2.15. The second-order valence-electron chi connectivity index (χ2n) is 4.19. The zero-order valence-electron chi connectivity index (χ0n) is 10.9. The van der Waals surface area contributed by atoms with E-state index in [1.807, 2.05) is 19.9 Å². The predicted octanol–water partition coefficient (Wildman–Crippen LogP) is 2.17. The zero-order valence-corrected chi connectivity index (χ0v) is 11.6. The van der Waals surface area contributed by atoms with Crippen LogP contribution in [0.25, 0.3) is 11.4 Å². The fraction of sp³-hybridized carbons (Fsp3) is 0.417. The molecule has 2 rings (SSSR count). The molecule has 102 valence electrons. The Morgan fingerprint density at radius 1 is 1.47 bits per heavy atom. The van der Waals surface area contributed by atoms with E-state index in [2.05, 4.69) is 15.5 Å². The molecular formula is C12H16ClN5O. The molecule has 0 saturated heterocycles. The Hall–Kier alpha value is -1.66. The third-order valence-corrected chi connectivity index (χ3v) is 3.07. The molecule has 6 nitrogen and oxygen atoms in total. The monoisotopic (exact) mass is 281 g/mol. The van der Waals surface area contributed by atoms with Crippen LogP contribution >= 0.6 is 11.6 Å². The molecule has 1 atom stereocenters. The Balaban J connectivity index is 2.30. The summed E-state index contributed by atoms with van der Waals surface area (Å²) in [7, 11) is 0. The zero-order chi connectivity index (χ0) is 13.8. The normalized spacial score (nSPS) is 12.6. The quantitative estimate of drug-likeness (QED) is 0.850. The maximum atomic E-state index is 5.91. The van der Waals surface area contributed by atoms with Crippen molar-refractivity contribution in [3.8, 4) is 11.4 Å². The van der Waals surface area contributed by atoms with Crippen LogP contribution in [-0.2, 0) is 4.74 Å². The van der Waals surface area contributed by atoms with E-state index in [-0.39, 0.29) is 6.04 Å². The number of hydrogen-bond acceptors (Lipinski definition) is 5. The van der Waals surface area contributed by atoms with Gasteiger partial charge in [-0.25, -0.2) is 4.68 Å². The summed E-state index contributed by atoms with van der Waals surface area (Å²) in [4.78, 5) is 0. The molecule has 0 saturated carbocycles. The minimum Gasteiger partial charge on any atom is -0.398 e. The largest absolute Gasteiger partial charge is 0.398 e. The van der Waals surface area contributed by atoms with Gasteiger partial charge in [-0.05, 0) is 42.5 Å². The molecule has 0 spiro atoms. The molecule has 0 bridgehead atoms. The lowest BCUT2D eigenvalue weighted by molar-refractivity contribution is 0.115. The first kappa shape index (κ1) is 13.8. The van der Waals surface area contributed by atoms with Crippen LogP contribution in [-0.4, -0.2) is 33.4 Å². The lowest BCUT2D eigenvalue weighted by Gasteiger charge is -2.13. The number of aromatic nitrogens is 4. The standard InChI is InChI=1S/C12H16ClN5O/c1-3-19-7-8(2)18-12(15-16-17-18)9-4-5-10(13)11(14)6-9/h4-6,8H,3,7,14H2,1-2H3. The van der Waals surface area contributed by atoms with Gasteiger partial charge in [-0.2, -0.15) is 0 Å². The Labute approximate surface area is 116 Å². The van der Waals surface area contributed by atoms with Gasteiger partial charge in [-0.3, -0.25) is 0 Å². The fourth-order valence-electron chi connectivity index (χ4n) is 1.72. The number of rotatable bonds is 5. The summed E-state index contributed by atoms with van der Waals surface area (Å²) in [6.45, 7) is 5.16. The van der Waals surface area contributed by atoms with Gasteiger partial charge in [0.1, 0.15) is 0 Å². The molecule has 0 fully saturated rings. The van der Waals surface area contributed by atoms with Gasteiger partial charge >= 0.3 is 0 Å². The highest BCUT2D eigenvalue weighted by molar-refractivity contribution is 6.33. The molecule has 1 unspecified atom stereocenters. The van der Waals surface area contributed by atoms with E-state index in [0.29, 0.717) is 29.7 Å². The van der Waals surface area contributed by atoms with Crippen molar-refractivity contribution in [3.05, 3.63) is 23.2 Å². The number of nitrogens with two attached hydrogens (primary N) is 1. The van der Waals surface area contributed by atoms with Crippen LogP contribution in [0.1, 0.15) is 19.9 Å². The first-order valence-corrected chi connectivity index (χ1v) is 6.42. The van der Waals surface area contributed by atoms with Crippen LogP contribution in [0.2, 0.25) is 5.02 Å². The highest BCUT2D eigenvalue weighted by Gasteiger charge is 2.15. The third-order valence-electron chi connectivity index (χ3n) is 2.73. The smallest absolute Gasteiger partial charge is 0.182 e. The average molecular weight is 282 g/mol. The number of tetrazole rings is 1. The van der Waals surface area contributed by atoms with Crippen molar-refractivity contribution < 1.29 is 4.74 Å². The summed E-state index contributed by atoms with van der Waals surface area (Å²) in [5.74, 6) is 0.649. The second kappa shape index (κ2) is 5.99. The molecule has 2 aromatic rings. The van der Waals surface area contributed by atoms with E-state index in [1.54, 1.807) is 16.8 Å². The van der Waals surface area contributed by atoms with Crippen molar-refractivity contribution in [2.45, 2.75) is 19.9 Å². The number of nitrogen functional groups attached to an aromatic ring is 1. The fourth-order valence-corrected chi connectivity index (χ4v) is 1.84. The highest BCUT2D eigenvalue weighted by atomic mass is 35.5. The first-order valence-electron chi connectivity index (χ1n) is 6.04. The number of halogens is 1. The van der Waals surface area contributed by atoms with E-state index < -0.39 is 0 Å². The molecule has 19 heavy (non-hydrogen) atoms. The number of ether oxygens (including phenoxy) is 1. The third kappa shape index (κ3) is 3.02. The van der Waals surface area contributed by atoms with Crippen molar-refractivity contribution in [1.29, 1.82) is 0 Å². The summed E-state index contributed by atoms with van der Waals surface area (Å²) in [6, 6.07) is 5.38. The van der Waals surface area contributed by atoms with Crippen LogP contribution in [0.4, 0.5) is 5.69 Å². The summed E-state index contributed by atoms with van der Waals surface area (Å²) in [5.41, 5.74) is 7.13. The number of hydrogen-bond donors (Lipinski definition) is 1. The Bertz CT molecular complexity index is 557. The number of nitrogens with zero attached hydrogens (tertiary/aromatic N) is 4. The van der Waals surface area contributed by atoms with Gasteiger partial charge in [-0.15, -0.1) is 5.10 Å². The van der Waals surface area contributed by atoms with Crippen LogP contribution < -0.4 is 5.73 Å². The molecule has 0 aliphatic rings. The van der Waals surface area contributed by atoms with E-state index >= 15 is 0 Å². The maximum Gasteiger partial charge on any atom is 0.182 e. The minimum absolute atomic E-state index is 0.0434. The minimum atomic E-state index is 0.0434. The number of anilines is 1. The van der Waals surface area contributed by atoms with Gasteiger partial charge < -0.3 is 10.5 Å². The van der Waals surface area contributed by atoms with Crippen LogP contribution in [0, 0.1) is 0 Å². The predicted molar refractivity (Wildman–Crippen MR) is 73.9 cm³/mol. The van der Waals surface area contributed by atoms with Crippen molar-refractivity contribution in [1.82, 2.24) is 20.2 Å². The van der Waals surface area contributed by atoms with E-state index in [4.69, 9.17) is 22.1 Å². The van der Waals surface area contributed by atoms with E-state index in [9.17, 15) is 0 Å². The summed E-state index contributed by atoms with van der Waals surface area (Å²) < 4.78 is 7.11. The number of benzene rings is 1. The van der Waals surface area contributed by atoms with E-state index in [0.717, 1.165) is 5.56 Å². The van der Waals surface area contributed by atoms with E-state index in [1.165, 1.54) is 0 Å². The van der Waals surface area contributed by atoms with Crippen molar-refractivity contribution >= 4 is 17.3 Å². The molecule has 0 radical (unpaired) electrons. The van der Waals surface area contributed by atoms with Crippen LogP contribution in [0.5, 0.6) is 0 Å². The van der Waals surface area contributed by atoms with Gasteiger partial charge in [0, 0.05) is 12.2 Å². The van der Waals surface area contributed by atoms with Gasteiger partial charge in [0.2, 0.25) is 0 Å². The first-order chi connectivity index (χ1) is 9.13. The van der Waals surface area contributed by atoms with Crippen molar-refractivity contribution in [2.75, 3.05) is 18.9 Å².